The molecule has 0 aromatic heterocycles. The summed E-state index contributed by atoms with van der Waals surface area (Å²) in [6, 6.07) is 5.46. The molecule has 4 N–H and O–H groups in total. The van der Waals surface area contributed by atoms with E-state index in [4.69, 9.17) is 9.84 Å². The van der Waals surface area contributed by atoms with Gasteiger partial charge >= 0.3 is 12.0 Å². The third kappa shape index (κ3) is 5.70. The second kappa shape index (κ2) is 8.11. The summed E-state index contributed by atoms with van der Waals surface area (Å²) in [5.41, 5.74) is 1.02. The maximum Gasteiger partial charge on any atom is 0.328 e. The first-order valence-corrected chi connectivity index (χ1v) is 6.52. The van der Waals surface area contributed by atoms with Crippen molar-refractivity contribution in [2.24, 2.45) is 0 Å². The highest BCUT2D eigenvalue weighted by Gasteiger charge is 2.24. The van der Waals surface area contributed by atoms with Crippen molar-refractivity contribution in [3.8, 4) is 5.75 Å². The number of methoxy groups -OCH3 is 1. The minimum absolute atomic E-state index is 0.351. The first kappa shape index (κ1) is 16.8. The molecule has 1 aromatic rings. The number of carboxylic acid groups (broad SMARTS) is 1. The van der Waals surface area contributed by atoms with E-state index >= 15 is 0 Å². The van der Waals surface area contributed by atoms with Crippen LogP contribution in [0.25, 0.3) is 0 Å². The molecule has 0 radical (unpaired) electrons. The zero-order valence-corrected chi connectivity index (χ0v) is 12.0. The lowest BCUT2D eigenvalue weighted by atomic mass is 10.1. The van der Waals surface area contributed by atoms with E-state index in [9.17, 15) is 14.7 Å². The van der Waals surface area contributed by atoms with Gasteiger partial charge in [0.15, 0.2) is 6.04 Å². The normalized spacial score (nSPS) is 13.1. The molecule has 7 heteroatoms. The molecule has 2 atom stereocenters. The number of amides is 2. The molecule has 2 unspecified atom stereocenters. The number of hydrogen-bond acceptors (Lipinski definition) is 4. The van der Waals surface area contributed by atoms with Crippen molar-refractivity contribution in [1.82, 2.24) is 10.6 Å². The van der Waals surface area contributed by atoms with Crippen LogP contribution >= 0.6 is 0 Å². The van der Waals surface area contributed by atoms with Gasteiger partial charge in [0.1, 0.15) is 5.75 Å². The molecule has 0 spiro atoms. The van der Waals surface area contributed by atoms with Crippen LogP contribution in [-0.2, 0) is 11.2 Å². The van der Waals surface area contributed by atoms with Crippen LogP contribution in [0.4, 0.5) is 4.79 Å². The lowest BCUT2D eigenvalue weighted by Gasteiger charge is -2.17. The number of urea groups is 1. The van der Waals surface area contributed by atoms with Crippen LogP contribution in [0.5, 0.6) is 5.75 Å². The van der Waals surface area contributed by atoms with Crippen molar-refractivity contribution >= 4 is 12.0 Å². The van der Waals surface area contributed by atoms with Crippen LogP contribution in [0, 0.1) is 0 Å². The molecule has 0 aliphatic rings. The molecular weight excluding hydrogens is 276 g/mol. The first-order chi connectivity index (χ1) is 9.93. The highest BCUT2D eigenvalue weighted by Crippen LogP contribution is 2.11. The summed E-state index contributed by atoms with van der Waals surface area (Å²) in [6.45, 7) is 1.65. The molecular formula is C14H20N2O5. The summed E-state index contributed by atoms with van der Waals surface area (Å²) in [4.78, 5) is 22.4. The predicted molar refractivity (Wildman–Crippen MR) is 76.3 cm³/mol. The third-order valence-corrected chi connectivity index (χ3v) is 2.89. The molecule has 0 fully saturated rings. The van der Waals surface area contributed by atoms with Crippen LogP contribution in [0.15, 0.2) is 24.3 Å². The Morgan fingerprint density at radius 1 is 1.29 bits per heavy atom. The van der Waals surface area contributed by atoms with E-state index in [1.807, 2.05) is 24.3 Å². The number of nitrogens with one attached hydrogen (secondary N) is 2. The van der Waals surface area contributed by atoms with Crippen LogP contribution in [0.1, 0.15) is 12.5 Å². The molecule has 0 aliphatic heterocycles. The Bertz CT molecular complexity index is 473. The van der Waals surface area contributed by atoms with Crippen molar-refractivity contribution < 1.29 is 24.5 Å². The maximum atomic E-state index is 11.5. The Labute approximate surface area is 122 Å². The standard InChI is InChI=1S/C14H20N2O5/c1-9(17)12(13(18)19)16-14(20)15-8-7-10-3-5-11(21-2)6-4-10/h3-6,9,12,17H,7-8H2,1-2H3,(H,18,19)(H2,15,16,20). The Balaban J connectivity index is 2.37. The van der Waals surface area contributed by atoms with E-state index in [2.05, 4.69) is 10.6 Å². The molecule has 0 heterocycles. The Morgan fingerprint density at radius 2 is 1.90 bits per heavy atom. The van der Waals surface area contributed by atoms with E-state index in [1.54, 1.807) is 7.11 Å². The topological polar surface area (TPSA) is 108 Å². The number of carboxylic acids is 1. The van der Waals surface area contributed by atoms with Gasteiger partial charge in [0.2, 0.25) is 0 Å². The lowest BCUT2D eigenvalue weighted by molar-refractivity contribution is -0.141. The van der Waals surface area contributed by atoms with Gasteiger partial charge in [0, 0.05) is 6.54 Å². The van der Waals surface area contributed by atoms with Crippen LogP contribution < -0.4 is 15.4 Å². The van der Waals surface area contributed by atoms with Crippen molar-refractivity contribution in [2.75, 3.05) is 13.7 Å². The number of aliphatic hydroxyl groups is 1. The minimum Gasteiger partial charge on any atom is -0.497 e. The van der Waals surface area contributed by atoms with E-state index < -0.39 is 24.1 Å². The number of hydrogen-bond donors (Lipinski definition) is 4. The van der Waals surface area contributed by atoms with Crippen molar-refractivity contribution in [1.29, 1.82) is 0 Å². The molecule has 0 bridgehead atoms. The zero-order chi connectivity index (χ0) is 15.8. The third-order valence-electron chi connectivity index (χ3n) is 2.89. The van der Waals surface area contributed by atoms with Crippen molar-refractivity contribution in [2.45, 2.75) is 25.5 Å². The fraction of sp³-hybridized carbons (Fsp3) is 0.429. The molecule has 116 valence electrons. The van der Waals surface area contributed by atoms with Gasteiger partial charge in [0.25, 0.3) is 0 Å². The van der Waals surface area contributed by atoms with Crippen LogP contribution in [0.3, 0.4) is 0 Å². The van der Waals surface area contributed by atoms with Gasteiger partial charge in [-0.05, 0) is 31.0 Å². The Morgan fingerprint density at radius 3 is 2.38 bits per heavy atom. The molecule has 1 rings (SSSR count). The second-order valence-corrected chi connectivity index (χ2v) is 4.55. The number of carbonyl (C=O) groups is 2. The zero-order valence-electron chi connectivity index (χ0n) is 12.0. The van der Waals surface area contributed by atoms with Gasteiger partial charge in [-0.25, -0.2) is 9.59 Å². The number of rotatable bonds is 7. The highest BCUT2D eigenvalue weighted by molar-refractivity contribution is 5.82. The SMILES string of the molecule is COc1ccc(CCNC(=O)NC(C(=O)O)C(C)O)cc1. The Kier molecular flexibility index (Phi) is 6.48. The average Bonchev–Trinajstić information content (AvgIpc) is 2.45. The number of ether oxygens (including phenoxy) is 1. The maximum absolute atomic E-state index is 11.5. The molecule has 7 nitrogen and oxygen atoms in total. The summed E-state index contributed by atoms with van der Waals surface area (Å²) in [7, 11) is 1.59. The van der Waals surface area contributed by atoms with Crippen LogP contribution in [0.2, 0.25) is 0 Å². The van der Waals surface area contributed by atoms with E-state index in [0.29, 0.717) is 13.0 Å². The van der Waals surface area contributed by atoms with Gasteiger partial charge in [-0.15, -0.1) is 0 Å². The van der Waals surface area contributed by atoms with Gasteiger partial charge in [-0.3, -0.25) is 0 Å². The predicted octanol–water partition coefficient (Wildman–Crippen LogP) is 0.371. The van der Waals surface area contributed by atoms with E-state index in [0.717, 1.165) is 11.3 Å². The van der Waals surface area contributed by atoms with Gasteiger partial charge in [-0.1, -0.05) is 12.1 Å². The van der Waals surface area contributed by atoms with Crippen molar-refractivity contribution in [3.63, 3.8) is 0 Å². The monoisotopic (exact) mass is 296 g/mol. The largest absolute Gasteiger partial charge is 0.497 e. The highest BCUT2D eigenvalue weighted by atomic mass is 16.5. The van der Waals surface area contributed by atoms with Gasteiger partial charge in [0.05, 0.1) is 13.2 Å². The number of benzene rings is 1. The van der Waals surface area contributed by atoms with Gasteiger partial charge < -0.3 is 25.6 Å². The lowest BCUT2D eigenvalue weighted by Crippen LogP contribution is -2.51. The van der Waals surface area contributed by atoms with Gasteiger partial charge in [-0.2, -0.15) is 0 Å². The summed E-state index contributed by atoms with van der Waals surface area (Å²) >= 11 is 0. The fourth-order valence-electron chi connectivity index (χ4n) is 1.69. The van der Waals surface area contributed by atoms with Crippen molar-refractivity contribution in [3.05, 3.63) is 29.8 Å². The number of carbonyl (C=O) groups excluding carboxylic acids is 1. The summed E-state index contributed by atoms with van der Waals surface area (Å²) in [5, 5.41) is 22.8. The smallest absolute Gasteiger partial charge is 0.328 e. The summed E-state index contributed by atoms with van der Waals surface area (Å²) < 4.78 is 5.04. The summed E-state index contributed by atoms with van der Waals surface area (Å²) in [6.07, 6.45) is -0.570. The molecule has 0 saturated heterocycles. The average molecular weight is 296 g/mol. The summed E-state index contributed by atoms with van der Waals surface area (Å²) in [5.74, 6) is -0.527. The quantitative estimate of drug-likeness (QED) is 0.581. The first-order valence-electron chi connectivity index (χ1n) is 6.52. The molecule has 2 amide bonds. The second-order valence-electron chi connectivity index (χ2n) is 4.55. The van der Waals surface area contributed by atoms with E-state index in [1.165, 1.54) is 6.92 Å². The molecule has 1 aromatic carbocycles. The van der Waals surface area contributed by atoms with Crippen LogP contribution in [-0.4, -0.2) is 48.0 Å². The molecule has 0 saturated carbocycles. The molecule has 0 aliphatic carbocycles. The molecule has 21 heavy (non-hydrogen) atoms. The van der Waals surface area contributed by atoms with E-state index in [-0.39, 0.29) is 0 Å². The number of aliphatic carboxylic acids is 1. The fourth-order valence-corrected chi connectivity index (χ4v) is 1.69. The minimum atomic E-state index is -1.33. The number of aliphatic hydroxyl groups excluding tert-OH is 1. The Hall–Kier alpha value is -2.28.